The van der Waals surface area contributed by atoms with Crippen molar-refractivity contribution in [2.24, 2.45) is 0 Å². The first-order valence-corrected chi connectivity index (χ1v) is 11.9. The van der Waals surface area contributed by atoms with Gasteiger partial charge in [0.15, 0.2) is 0 Å². The second-order valence-corrected chi connectivity index (χ2v) is 9.00. The van der Waals surface area contributed by atoms with Gasteiger partial charge in [0, 0.05) is 6.04 Å². The maximum Gasteiger partial charge on any atom is 0.119 e. The van der Waals surface area contributed by atoms with Crippen molar-refractivity contribution < 1.29 is 9.84 Å². The van der Waals surface area contributed by atoms with E-state index in [1.54, 1.807) is 0 Å². The minimum absolute atomic E-state index is 0.123. The number of nitrogens with one attached hydrogen (secondary N) is 1. The molecule has 3 aromatic rings. The van der Waals surface area contributed by atoms with Gasteiger partial charge in [0.1, 0.15) is 12.4 Å². The first-order chi connectivity index (χ1) is 15.7. The highest BCUT2D eigenvalue weighted by molar-refractivity contribution is 5.30. The zero-order valence-electron chi connectivity index (χ0n) is 19.0. The molecule has 1 aliphatic rings. The Balaban J connectivity index is 1.31. The van der Waals surface area contributed by atoms with Crippen LogP contribution in [0, 0.1) is 0 Å². The average Bonchev–Trinajstić information content (AvgIpc) is 2.88. The molecule has 0 heterocycles. The van der Waals surface area contributed by atoms with Crippen LogP contribution in [0.3, 0.4) is 0 Å². The van der Waals surface area contributed by atoms with Crippen LogP contribution >= 0.6 is 0 Å². The van der Waals surface area contributed by atoms with E-state index in [-0.39, 0.29) is 12.1 Å². The van der Waals surface area contributed by atoms with Gasteiger partial charge >= 0.3 is 0 Å². The predicted octanol–water partition coefficient (Wildman–Crippen LogP) is 6.18. The molecule has 0 aliphatic heterocycles. The monoisotopic (exact) mass is 429 g/mol. The summed E-state index contributed by atoms with van der Waals surface area (Å²) in [5, 5.41) is 14.1. The quantitative estimate of drug-likeness (QED) is 0.427. The van der Waals surface area contributed by atoms with Gasteiger partial charge in [-0.1, -0.05) is 79.7 Å². The topological polar surface area (TPSA) is 41.5 Å². The lowest BCUT2D eigenvalue weighted by atomic mass is 9.79. The molecule has 1 aliphatic carbocycles. The highest BCUT2D eigenvalue weighted by Gasteiger charge is 2.33. The van der Waals surface area contributed by atoms with Crippen LogP contribution in [-0.4, -0.2) is 17.8 Å². The Morgan fingerprint density at radius 3 is 2.06 bits per heavy atom. The third-order valence-corrected chi connectivity index (χ3v) is 7.01. The first-order valence-electron chi connectivity index (χ1n) is 11.9. The molecule has 0 bridgehead atoms. The summed E-state index contributed by atoms with van der Waals surface area (Å²) in [4.78, 5) is 0. The Morgan fingerprint density at radius 2 is 1.47 bits per heavy atom. The Morgan fingerprint density at radius 1 is 0.844 bits per heavy atom. The van der Waals surface area contributed by atoms with Crippen LogP contribution in [-0.2, 0) is 12.1 Å². The molecule has 0 spiro atoms. The molecular weight excluding hydrogens is 394 g/mol. The molecule has 0 aromatic heterocycles. The molecule has 1 fully saturated rings. The molecular formula is C29H35NO2. The van der Waals surface area contributed by atoms with Crippen molar-refractivity contribution >= 4 is 0 Å². The minimum atomic E-state index is -0.351. The molecule has 0 radical (unpaired) electrons. The summed E-state index contributed by atoms with van der Waals surface area (Å²) in [6, 6.07) is 29.8. The third-order valence-electron chi connectivity index (χ3n) is 7.01. The van der Waals surface area contributed by atoms with Crippen LogP contribution in [0.5, 0.6) is 5.75 Å². The molecule has 1 saturated carbocycles. The van der Waals surface area contributed by atoms with E-state index in [0.29, 0.717) is 18.6 Å². The Hall–Kier alpha value is -2.62. The zero-order chi connectivity index (χ0) is 22.2. The summed E-state index contributed by atoms with van der Waals surface area (Å²) in [6.45, 7) is 2.88. The number of benzene rings is 3. The summed E-state index contributed by atoms with van der Waals surface area (Å²) >= 11 is 0. The molecule has 168 valence electrons. The van der Waals surface area contributed by atoms with E-state index in [4.69, 9.17) is 4.74 Å². The number of rotatable bonds is 9. The highest BCUT2D eigenvalue weighted by atomic mass is 16.5. The van der Waals surface area contributed by atoms with Gasteiger partial charge in [-0.05, 0) is 66.8 Å². The van der Waals surface area contributed by atoms with Gasteiger partial charge in [-0.15, -0.1) is 0 Å². The standard InChI is InChI=1S/C29H35NO2/c1-2-29(22-31,26-11-7-4-8-12-26)30-27-17-13-24(14-18-27)25-15-19-28(20-16-25)32-21-23-9-5-3-6-10-23/h3-12,15-16,19-20,24,27,30-31H,2,13-14,17-18,21-22H2,1H3. The molecule has 3 heteroatoms. The normalized spacial score (nSPS) is 20.4. The molecule has 1 unspecified atom stereocenters. The molecule has 0 amide bonds. The average molecular weight is 430 g/mol. The maximum absolute atomic E-state index is 10.3. The Labute approximate surface area is 192 Å². The SMILES string of the molecule is CCC(CO)(NC1CCC(c2ccc(OCc3ccccc3)cc2)CC1)c1ccccc1. The van der Waals surface area contributed by atoms with Crippen LogP contribution in [0.15, 0.2) is 84.9 Å². The van der Waals surface area contributed by atoms with Gasteiger partial charge in [0.05, 0.1) is 12.1 Å². The summed E-state index contributed by atoms with van der Waals surface area (Å²) in [7, 11) is 0. The number of hydrogen-bond donors (Lipinski definition) is 2. The lowest BCUT2D eigenvalue weighted by molar-refractivity contribution is 0.130. The highest BCUT2D eigenvalue weighted by Crippen LogP contribution is 2.36. The van der Waals surface area contributed by atoms with Crippen LogP contribution in [0.4, 0.5) is 0 Å². The van der Waals surface area contributed by atoms with E-state index < -0.39 is 0 Å². The first kappa shape index (κ1) is 22.6. The molecule has 2 N–H and O–H groups in total. The largest absolute Gasteiger partial charge is 0.489 e. The summed E-state index contributed by atoms with van der Waals surface area (Å²) in [5.41, 5.74) is 3.42. The molecule has 32 heavy (non-hydrogen) atoms. The van der Waals surface area contributed by atoms with E-state index in [2.05, 4.69) is 72.9 Å². The number of aliphatic hydroxyl groups excluding tert-OH is 1. The van der Waals surface area contributed by atoms with E-state index in [1.807, 2.05) is 24.3 Å². The van der Waals surface area contributed by atoms with Crippen molar-refractivity contribution in [3.63, 3.8) is 0 Å². The summed E-state index contributed by atoms with van der Waals surface area (Å²) < 4.78 is 5.94. The van der Waals surface area contributed by atoms with Gasteiger partial charge in [-0.2, -0.15) is 0 Å². The minimum Gasteiger partial charge on any atom is -0.489 e. The molecule has 3 aromatic carbocycles. The fourth-order valence-electron chi connectivity index (χ4n) is 4.93. The van der Waals surface area contributed by atoms with Gasteiger partial charge in [-0.3, -0.25) is 0 Å². The van der Waals surface area contributed by atoms with Crippen LogP contribution in [0.2, 0.25) is 0 Å². The third kappa shape index (κ3) is 5.40. The van der Waals surface area contributed by atoms with Crippen molar-refractivity contribution in [1.82, 2.24) is 5.32 Å². The van der Waals surface area contributed by atoms with E-state index in [0.717, 1.165) is 25.0 Å². The van der Waals surface area contributed by atoms with E-state index >= 15 is 0 Å². The second kappa shape index (κ2) is 10.8. The second-order valence-electron chi connectivity index (χ2n) is 9.00. The number of hydrogen-bond acceptors (Lipinski definition) is 3. The van der Waals surface area contributed by atoms with Crippen LogP contribution < -0.4 is 10.1 Å². The van der Waals surface area contributed by atoms with E-state index in [9.17, 15) is 5.11 Å². The lowest BCUT2D eigenvalue weighted by Crippen LogP contribution is -2.51. The van der Waals surface area contributed by atoms with Crippen LogP contribution in [0.25, 0.3) is 0 Å². The van der Waals surface area contributed by atoms with Crippen LogP contribution in [0.1, 0.15) is 61.6 Å². The number of aliphatic hydroxyl groups is 1. The molecule has 0 saturated heterocycles. The van der Waals surface area contributed by atoms with Crippen molar-refractivity contribution in [2.45, 2.75) is 63.1 Å². The molecule has 3 nitrogen and oxygen atoms in total. The fourth-order valence-corrected chi connectivity index (χ4v) is 4.93. The van der Waals surface area contributed by atoms with Gasteiger partial charge in [-0.25, -0.2) is 0 Å². The smallest absolute Gasteiger partial charge is 0.119 e. The zero-order valence-corrected chi connectivity index (χ0v) is 19.0. The predicted molar refractivity (Wildman–Crippen MR) is 131 cm³/mol. The molecule has 1 atom stereocenters. The van der Waals surface area contributed by atoms with Crippen molar-refractivity contribution in [2.75, 3.05) is 6.61 Å². The molecule has 4 rings (SSSR count). The number of ether oxygens (including phenoxy) is 1. The van der Waals surface area contributed by atoms with Gasteiger partial charge in [0.2, 0.25) is 0 Å². The van der Waals surface area contributed by atoms with E-state index in [1.165, 1.54) is 29.5 Å². The van der Waals surface area contributed by atoms with Crippen molar-refractivity contribution in [3.05, 3.63) is 102 Å². The van der Waals surface area contributed by atoms with Gasteiger partial charge in [0.25, 0.3) is 0 Å². The van der Waals surface area contributed by atoms with Gasteiger partial charge < -0.3 is 15.2 Å². The van der Waals surface area contributed by atoms with Crippen molar-refractivity contribution in [1.29, 1.82) is 0 Å². The Kier molecular flexibility index (Phi) is 7.62. The lowest BCUT2D eigenvalue weighted by Gasteiger charge is -2.39. The Bertz CT molecular complexity index is 928. The summed E-state index contributed by atoms with van der Waals surface area (Å²) in [5.74, 6) is 1.52. The fraction of sp³-hybridized carbons (Fsp3) is 0.379. The maximum atomic E-state index is 10.3. The summed E-state index contributed by atoms with van der Waals surface area (Å²) in [6.07, 6.45) is 5.47. The van der Waals surface area contributed by atoms with Crippen molar-refractivity contribution in [3.8, 4) is 5.75 Å².